The highest BCUT2D eigenvalue weighted by Gasteiger charge is 2.25. The summed E-state index contributed by atoms with van der Waals surface area (Å²) in [5.41, 5.74) is 5.10. The number of likely N-dealkylation sites (tertiary alicyclic amines) is 1. The molecule has 26 heavy (non-hydrogen) atoms. The minimum atomic E-state index is -0.519. The molecule has 0 bridgehead atoms. The first-order valence-corrected chi connectivity index (χ1v) is 8.75. The average molecular weight is 352 g/mol. The molecule has 0 radical (unpaired) electrons. The standard InChI is InChI=1S/C19H20N4O3/c24-18(21-26-19(25)22-10-3-4-11-22)16-8-5-9-20-17(16)23-12-14-6-1-2-7-15(14)13-23/h1-2,5-9H,3-4,10-13H2,(H,21,24). The number of pyridine rings is 1. The number of carbonyl (C=O) groups is 2. The van der Waals surface area contributed by atoms with Crippen LogP contribution in [0.1, 0.15) is 34.3 Å². The highest BCUT2D eigenvalue weighted by Crippen LogP contribution is 2.28. The molecule has 134 valence electrons. The summed E-state index contributed by atoms with van der Waals surface area (Å²) in [6.45, 7) is 2.72. The molecule has 1 aromatic carbocycles. The molecule has 3 heterocycles. The normalized spacial score (nSPS) is 15.7. The van der Waals surface area contributed by atoms with E-state index >= 15 is 0 Å². The maximum atomic E-state index is 12.5. The first-order valence-electron chi connectivity index (χ1n) is 8.75. The zero-order chi connectivity index (χ0) is 17.9. The van der Waals surface area contributed by atoms with Gasteiger partial charge in [0, 0.05) is 32.4 Å². The highest BCUT2D eigenvalue weighted by molar-refractivity contribution is 5.98. The number of anilines is 1. The number of nitrogens with one attached hydrogen (secondary N) is 1. The molecule has 1 saturated heterocycles. The molecule has 7 nitrogen and oxygen atoms in total. The molecule has 1 aromatic heterocycles. The maximum absolute atomic E-state index is 12.5. The lowest BCUT2D eigenvalue weighted by Crippen LogP contribution is -2.36. The number of rotatable bonds is 2. The van der Waals surface area contributed by atoms with Crippen LogP contribution in [0.4, 0.5) is 10.6 Å². The van der Waals surface area contributed by atoms with Crippen molar-refractivity contribution in [2.75, 3.05) is 18.0 Å². The Morgan fingerprint density at radius 2 is 1.69 bits per heavy atom. The van der Waals surface area contributed by atoms with Gasteiger partial charge in [0.05, 0.1) is 5.56 Å². The summed E-state index contributed by atoms with van der Waals surface area (Å²) >= 11 is 0. The van der Waals surface area contributed by atoms with E-state index in [2.05, 4.69) is 22.6 Å². The Morgan fingerprint density at radius 3 is 2.38 bits per heavy atom. The lowest BCUT2D eigenvalue weighted by atomic mass is 10.1. The second-order valence-corrected chi connectivity index (χ2v) is 6.49. The van der Waals surface area contributed by atoms with Crippen molar-refractivity contribution in [2.45, 2.75) is 25.9 Å². The molecule has 0 spiro atoms. The molecule has 0 atom stereocenters. The van der Waals surface area contributed by atoms with E-state index < -0.39 is 12.0 Å². The number of nitrogens with zero attached hydrogens (tertiary/aromatic N) is 3. The van der Waals surface area contributed by atoms with Gasteiger partial charge in [-0.3, -0.25) is 4.79 Å². The van der Waals surface area contributed by atoms with Gasteiger partial charge >= 0.3 is 6.09 Å². The predicted octanol–water partition coefficient (Wildman–Crippen LogP) is 2.48. The smallest absolute Gasteiger partial charge is 0.347 e. The zero-order valence-corrected chi connectivity index (χ0v) is 14.4. The van der Waals surface area contributed by atoms with Crippen molar-refractivity contribution in [2.24, 2.45) is 0 Å². The van der Waals surface area contributed by atoms with Crippen LogP contribution in [-0.4, -0.2) is 35.0 Å². The van der Waals surface area contributed by atoms with Crippen LogP contribution in [-0.2, 0) is 17.9 Å². The van der Waals surface area contributed by atoms with Gasteiger partial charge in [-0.1, -0.05) is 24.3 Å². The fourth-order valence-electron chi connectivity index (χ4n) is 3.42. The molecule has 0 unspecified atom stereocenters. The number of hydrogen-bond donors (Lipinski definition) is 1. The summed E-state index contributed by atoms with van der Waals surface area (Å²) in [5, 5.41) is 0. The van der Waals surface area contributed by atoms with Crippen LogP contribution in [0.5, 0.6) is 0 Å². The molecule has 2 aliphatic rings. The van der Waals surface area contributed by atoms with Gasteiger partial charge in [0.15, 0.2) is 0 Å². The molecular formula is C19H20N4O3. The van der Waals surface area contributed by atoms with Crippen LogP contribution < -0.4 is 10.4 Å². The van der Waals surface area contributed by atoms with Crippen molar-refractivity contribution < 1.29 is 14.4 Å². The molecule has 0 aliphatic carbocycles. The molecule has 7 heteroatoms. The number of amides is 2. The van der Waals surface area contributed by atoms with E-state index in [0.29, 0.717) is 37.6 Å². The van der Waals surface area contributed by atoms with Gasteiger partial charge in [0.2, 0.25) is 0 Å². The Balaban J connectivity index is 1.46. The first-order chi connectivity index (χ1) is 12.7. The number of hydrogen-bond acceptors (Lipinski definition) is 5. The number of hydroxylamine groups is 1. The van der Waals surface area contributed by atoms with Gasteiger partial charge in [-0.25, -0.2) is 9.78 Å². The predicted molar refractivity (Wildman–Crippen MR) is 95.3 cm³/mol. The summed E-state index contributed by atoms with van der Waals surface area (Å²) in [6, 6.07) is 11.6. The highest BCUT2D eigenvalue weighted by atomic mass is 16.7. The summed E-state index contributed by atoms with van der Waals surface area (Å²) in [5.74, 6) is 0.107. The lowest BCUT2D eigenvalue weighted by Gasteiger charge is -2.20. The van der Waals surface area contributed by atoms with Crippen molar-refractivity contribution >= 4 is 17.8 Å². The molecule has 2 aromatic rings. The van der Waals surface area contributed by atoms with Crippen molar-refractivity contribution in [3.8, 4) is 0 Å². The topological polar surface area (TPSA) is 74.8 Å². The third kappa shape index (κ3) is 3.20. The third-order valence-corrected chi connectivity index (χ3v) is 4.77. The van der Waals surface area contributed by atoms with Gasteiger partial charge in [0.1, 0.15) is 5.82 Å². The van der Waals surface area contributed by atoms with Crippen molar-refractivity contribution in [1.29, 1.82) is 0 Å². The van der Waals surface area contributed by atoms with E-state index in [9.17, 15) is 9.59 Å². The second-order valence-electron chi connectivity index (χ2n) is 6.49. The Labute approximate surface area is 151 Å². The van der Waals surface area contributed by atoms with Crippen LogP contribution in [0, 0.1) is 0 Å². The van der Waals surface area contributed by atoms with E-state index in [1.54, 1.807) is 23.2 Å². The van der Waals surface area contributed by atoms with E-state index in [0.717, 1.165) is 12.8 Å². The maximum Gasteiger partial charge on any atom is 0.434 e. The van der Waals surface area contributed by atoms with E-state index in [-0.39, 0.29) is 0 Å². The Hall–Kier alpha value is -3.09. The minimum Gasteiger partial charge on any atom is -0.347 e. The van der Waals surface area contributed by atoms with Crippen LogP contribution >= 0.6 is 0 Å². The molecule has 1 N–H and O–H groups in total. The second kappa shape index (κ2) is 7.03. The van der Waals surface area contributed by atoms with E-state index in [1.807, 2.05) is 17.0 Å². The Kier molecular flexibility index (Phi) is 4.43. The van der Waals surface area contributed by atoms with Crippen LogP contribution in [0.2, 0.25) is 0 Å². The Bertz CT molecular complexity index is 808. The monoisotopic (exact) mass is 352 g/mol. The first kappa shape index (κ1) is 16.4. The molecule has 0 saturated carbocycles. The SMILES string of the molecule is O=C(NOC(=O)N1CCCC1)c1cccnc1N1Cc2ccccc2C1. The average Bonchev–Trinajstić information content (AvgIpc) is 3.35. The number of carbonyl (C=O) groups excluding carboxylic acids is 2. The third-order valence-electron chi connectivity index (χ3n) is 4.77. The fourth-order valence-corrected chi connectivity index (χ4v) is 3.42. The lowest BCUT2D eigenvalue weighted by molar-refractivity contribution is 0.0450. The largest absolute Gasteiger partial charge is 0.434 e. The summed E-state index contributed by atoms with van der Waals surface area (Å²) in [6.07, 6.45) is 3.07. The summed E-state index contributed by atoms with van der Waals surface area (Å²) in [7, 11) is 0. The van der Waals surface area contributed by atoms with Gasteiger partial charge in [-0.2, -0.15) is 5.48 Å². The number of fused-ring (bicyclic) bond motifs is 1. The Morgan fingerprint density at radius 1 is 1.00 bits per heavy atom. The van der Waals surface area contributed by atoms with E-state index in [1.165, 1.54) is 11.1 Å². The van der Waals surface area contributed by atoms with Gasteiger partial charge in [-0.15, -0.1) is 0 Å². The van der Waals surface area contributed by atoms with Gasteiger partial charge in [0.25, 0.3) is 5.91 Å². The quantitative estimate of drug-likeness (QED) is 0.841. The van der Waals surface area contributed by atoms with Crippen LogP contribution in [0.25, 0.3) is 0 Å². The molecular weight excluding hydrogens is 332 g/mol. The van der Waals surface area contributed by atoms with Gasteiger partial charge < -0.3 is 14.6 Å². The molecule has 2 aliphatic heterocycles. The van der Waals surface area contributed by atoms with Crippen molar-refractivity contribution in [1.82, 2.24) is 15.4 Å². The van der Waals surface area contributed by atoms with Crippen molar-refractivity contribution in [3.05, 3.63) is 59.3 Å². The summed E-state index contributed by atoms with van der Waals surface area (Å²) in [4.78, 5) is 37.4. The van der Waals surface area contributed by atoms with E-state index in [4.69, 9.17) is 4.84 Å². The van der Waals surface area contributed by atoms with Crippen LogP contribution in [0.3, 0.4) is 0 Å². The molecule has 4 rings (SSSR count). The fraction of sp³-hybridized carbons (Fsp3) is 0.316. The molecule has 1 fully saturated rings. The van der Waals surface area contributed by atoms with Crippen molar-refractivity contribution in [3.63, 3.8) is 0 Å². The number of benzene rings is 1. The van der Waals surface area contributed by atoms with Crippen LogP contribution in [0.15, 0.2) is 42.6 Å². The number of aromatic nitrogens is 1. The minimum absolute atomic E-state index is 0.384. The molecule has 2 amide bonds. The zero-order valence-electron chi connectivity index (χ0n) is 14.4. The van der Waals surface area contributed by atoms with Gasteiger partial charge in [-0.05, 0) is 36.1 Å². The summed E-state index contributed by atoms with van der Waals surface area (Å²) < 4.78 is 0.